The number of oxazole rings is 1. The average molecular weight is 425 g/mol. The van der Waals surface area contributed by atoms with Gasteiger partial charge in [0.1, 0.15) is 11.6 Å². The highest BCUT2D eigenvalue weighted by Crippen LogP contribution is 2.35. The summed E-state index contributed by atoms with van der Waals surface area (Å²) in [5.41, 5.74) is 5.84. The summed E-state index contributed by atoms with van der Waals surface area (Å²) in [5, 5.41) is 0. The number of aromatic nitrogens is 1. The van der Waals surface area contributed by atoms with E-state index in [1.54, 1.807) is 0 Å². The maximum Gasteiger partial charge on any atom is 0.254 e. The first kappa shape index (κ1) is 20.5. The standard InChI is InChI=1S/C28H28N2O2/c1-28(2,3)22-14-11-20(12-15-22)27(31)30-17-7-10-24(30)26-29-23-18-21(13-16-25(23)32-26)19-8-5-4-6-9-19/h4-6,8-9,11-16,18,24H,7,10,17H2,1-3H3/t24-/m0/s1. The van der Waals surface area contributed by atoms with E-state index in [-0.39, 0.29) is 17.4 Å². The number of fused-ring (bicyclic) bond motifs is 1. The molecule has 4 heteroatoms. The van der Waals surface area contributed by atoms with E-state index < -0.39 is 0 Å². The number of amides is 1. The quantitative estimate of drug-likeness (QED) is 0.365. The Morgan fingerprint density at radius 1 is 0.969 bits per heavy atom. The fourth-order valence-electron chi connectivity index (χ4n) is 4.44. The van der Waals surface area contributed by atoms with Gasteiger partial charge in [-0.25, -0.2) is 4.98 Å². The van der Waals surface area contributed by atoms with Crippen molar-refractivity contribution in [1.29, 1.82) is 0 Å². The van der Waals surface area contributed by atoms with Gasteiger partial charge in [0.05, 0.1) is 0 Å². The molecule has 3 aromatic carbocycles. The second kappa shape index (κ2) is 7.94. The molecule has 1 fully saturated rings. The minimum absolute atomic E-state index is 0.0418. The van der Waals surface area contributed by atoms with Gasteiger partial charge in [-0.3, -0.25) is 4.79 Å². The Bertz CT molecular complexity index is 1250. The molecule has 4 nitrogen and oxygen atoms in total. The Hall–Kier alpha value is -3.40. The number of nitrogens with zero attached hydrogens (tertiary/aromatic N) is 2. The van der Waals surface area contributed by atoms with Crippen LogP contribution in [0.3, 0.4) is 0 Å². The van der Waals surface area contributed by atoms with Gasteiger partial charge in [0, 0.05) is 12.1 Å². The molecule has 0 bridgehead atoms. The Morgan fingerprint density at radius 3 is 2.44 bits per heavy atom. The molecule has 1 amide bonds. The minimum atomic E-state index is -0.127. The Labute approximate surface area is 188 Å². The van der Waals surface area contributed by atoms with Gasteiger partial charge in [-0.15, -0.1) is 0 Å². The first-order valence-electron chi connectivity index (χ1n) is 11.3. The monoisotopic (exact) mass is 424 g/mol. The van der Waals surface area contributed by atoms with Crippen LogP contribution >= 0.6 is 0 Å². The zero-order chi connectivity index (χ0) is 22.3. The number of likely N-dealkylation sites (tertiary alicyclic amines) is 1. The molecule has 5 rings (SSSR count). The molecule has 0 N–H and O–H groups in total. The van der Waals surface area contributed by atoms with E-state index in [4.69, 9.17) is 9.40 Å². The molecule has 1 saturated heterocycles. The van der Waals surface area contributed by atoms with Crippen molar-refractivity contribution >= 4 is 17.0 Å². The zero-order valence-electron chi connectivity index (χ0n) is 18.8. The van der Waals surface area contributed by atoms with Gasteiger partial charge in [-0.05, 0) is 59.2 Å². The second-order valence-electron chi connectivity index (χ2n) is 9.58. The SMILES string of the molecule is CC(C)(C)c1ccc(C(=O)N2CCC[C@H]2c2nc3cc(-c4ccccc4)ccc3o2)cc1. The Balaban J connectivity index is 1.42. The average Bonchev–Trinajstić information content (AvgIpc) is 3.45. The van der Waals surface area contributed by atoms with Gasteiger partial charge in [0.25, 0.3) is 5.91 Å². The lowest BCUT2D eigenvalue weighted by molar-refractivity contribution is 0.0717. The van der Waals surface area contributed by atoms with Gasteiger partial charge < -0.3 is 9.32 Å². The first-order chi connectivity index (χ1) is 15.4. The van der Waals surface area contributed by atoms with Crippen molar-refractivity contribution in [2.75, 3.05) is 6.54 Å². The number of benzene rings is 3. The van der Waals surface area contributed by atoms with E-state index in [0.717, 1.165) is 41.6 Å². The van der Waals surface area contributed by atoms with Crippen LogP contribution in [0.2, 0.25) is 0 Å². The van der Waals surface area contributed by atoms with Crippen molar-refractivity contribution in [3.05, 3.63) is 89.8 Å². The molecule has 0 saturated carbocycles. The highest BCUT2D eigenvalue weighted by Gasteiger charge is 2.34. The molecular weight excluding hydrogens is 396 g/mol. The second-order valence-corrected chi connectivity index (χ2v) is 9.58. The molecule has 1 atom stereocenters. The molecule has 0 aliphatic carbocycles. The van der Waals surface area contributed by atoms with Crippen LogP contribution in [0, 0.1) is 0 Å². The topological polar surface area (TPSA) is 46.3 Å². The predicted molar refractivity (Wildman–Crippen MR) is 128 cm³/mol. The number of hydrogen-bond acceptors (Lipinski definition) is 3. The minimum Gasteiger partial charge on any atom is -0.438 e. The Kier molecular flexibility index (Phi) is 5.09. The number of carbonyl (C=O) groups is 1. The molecule has 4 aromatic rings. The number of hydrogen-bond donors (Lipinski definition) is 0. The molecular formula is C28H28N2O2. The third kappa shape index (κ3) is 3.81. The number of rotatable bonds is 3. The Morgan fingerprint density at radius 2 is 1.72 bits per heavy atom. The van der Waals surface area contributed by atoms with Crippen LogP contribution in [0.1, 0.15) is 61.5 Å². The summed E-state index contributed by atoms with van der Waals surface area (Å²) < 4.78 is 6.12. The lowest BCUT2D eigenvalue weighted by atomic mass is 9.86. The predicted octanol–water partition coefficient (Wildman–Crippen LogP) is 6.77. The van der Waals surface area contributed by atoms with E-state index in [2.05, 4.69) is 57.2 Å². The third-order valence-electron chi connectivity index (χ3n) is 6.31. The highest BCUT2D eigenvalue weighted by atomic mass is 16.3. The summed E-state index contributed by atoms with van der Waals surface area (Å²) in [5.74, 6) is 0.669. The molecule has 0 radical (unpaired) electrons. The van der Waals surface area contributed by atoms with Gasteiger partial charge in [-0.2, -0.15) is 0 Å². The van der Waals surface area contributed by atoms with Crippen molar-refractivity contribution in [2.45, 2.75) is 45.1 Å². The molecule has 1 aliphatic heterocycles. The van der Waals surface area contributed by atoms with Crippen molar-refractivity contribution in [3.8, 4) is 11.1 Å². The van der Waals surface area contributed by atoms with Crippen LogP contribution in [0.25, 0.3) is 22.2 Å². The van der Waals surface area contributed by atoms with E-state index >= 15 is 0 Å². The zero-order valence-corrected chi connectivity index (χ0v) is 18.8. The molecule has 2 heterocycles. The van der Waals surface area contributed by atoms with E-state index in [1.165, 1.54) is 5.56 Å². The smallest absolute Gasteiger partial charge is 0.254 e. The maximum absolute atomic E-state index is 13.3. The molecule has 0 spiro atoms. The molecule has 162 valence electrons. The molecule has 1 aromatic heterocycles. The molecule has 0 unspecified atom stereocenters. The summed E-state index contributed by atoms with van der Waals surface area (Å²) >= 11 is 0. The van der Waals surface area contributed by atoms with Crippen molar-refractivity contribution in [1.82, 2.24) is 9.88 Å². The first-order valence-corrected chi connectivity index (χ1v) is 11.3. The van der Waals surface area contributed by atoms with Gasteiger partial charge in [0.15, 0.2) is 5.58 Å². The lowest BCUT2D eigenvalue weighted by Crippen LogP contribution is -2.30. The summed E-state index contributed by atoms with van der Waals surface area (Å²) in [6.45, 7) is 7.25. The third-order valence-corrected chi connectivity index (χ3v) is 6.31. The number of carbonyl (C=O) groups excluding carboxylic acids is 1. The van der Waals surface area contributed by atoms with Crippen molar-refractivity contribution in [2.24, 2.45) is 0 Å². The van der Waals surface area contributed by atoms with Gasteiger partial charge in [0.2, 0.25) is 5.89 Å². The van der Waals surface area contributed by atoms with Crippen LogP contribution in [0.5, 0.6) is 0 Å². The largest absolute Gasteiger partial charge is 0.438 e. The van der Waals surface area contributed by atoms with E-state index in [1.807, 2.05) is 41.3 Å². The van der Waals surface area contributed by atoms with E-state index in [0.29, 0.717) is 11.5 Å². The van der Waals surface area contributed by atoms with Crippen molar-refractivity contribution < 1.29 is 9.21 Å². The van der Waals surface area contributed by atoms with Crippen LogP contribution in [-0.2, 0) is 5.41 Å². The summed E-state index contributed by atoms with van der Waals surface area (Å²) in [6, 6.07) is 24.2. The van der Waals surface area contributed by atoms with Crippen LogP contribution < -0.4 is 0 Å². The summed E-state index contributed by atoms with van der Waals surface area (Å²) in [4.78, 5) is 20.0. The van der Waals surface area contributed by atoms with Crippen LogP contribution in [0.15, 0.2) is 77.2 Å². The summed E-state index contributed by atoms with van der Waals surface area (Å²) in [7, 11) is 0. The maximum atomic E-state index is 13.3. The highest BCUT2D eigenvalue weighted by molar-refractivity contribution is 5.94. The normalized spacial score (nSPS) is 16.6. The van der Waals surface area contributed by atoms with E-state index in [9.17, 15) is 4.79 Å². The fourth-order valence-corrected chi connectivity index (χ4v) is 4.44. The van der Waals surface area contributed by atoms with Gasteiger partial charge >= 0.3 is 0 Å². The van der Waals surface area contributed by atoms with Crippen LogP contribution in [-0.4, -0.2) is 22.3 Å². The van der Waals surface area contributed by atoms with Crippen LogP contribution in [0.4, 0.5) is 0 Å². The lowest BCUT2D eigenvalue weighted by Gasteiger charge is -2.23. The van der Waals surface area contributed by atoms with Crippen molar-refractivity contribution in [3.63, 3.8) is 0 Å². The molecule has 32 heavy (non-hydrogen) atoms. The summed E-state index contributed by atoms with van der Waals surface area (Å²) in [6.07, 6.45) is 1.81. The fraction of sp³-hybridized carbons (Fsp3) is 0.286. The molecule has 1 aliphatic rings. The van der Waals surface area contributed by atoms with Gasteiger partial charge in [-0.1, -0.05) is 69.3 Å².